The smallest absolute Gasteiger partial charge is 0.244 e. The van der Waals surface area contributed by atoms with Gasteiger partial charge in [0.05, 0.1) is 12.1 Å². The molecule has 3 aliphatic rings. The van der Waals surface area contributed by atoms with Crippen molar-refractivity contribution in [3.63, 3.8) is 0 Å². The number of hydrogen-bond acceptors (Lipinski definition) is 5. The van der Waals surface area contributed by atoms with E-state index in [-0.39, 0.29) is 12.1 Å². The van der Waals surface area contributed by atoms with E-state index in [1.807, 2.05) is 0 Å². The Labute approximate surface area is 119 Å². The first kappa shape index (κ1) is 12.8. The van der Waals surface area contributed by atoms with Gasteiger partial charge in [-0.25, -0.2) is 0 Å². The van der Waals surface area contributed by atoms with Gasteiger partial charge in [0.1, 0.15) is 0 Å². The van der Waals surface area contributed by atoms with Crippen LogP contribution in [-0.2, 0) is 0 Å². The van der Waals surface area contributed by atoms with Crippen molar-refractivity contribution in [3.05, 3.63) is 11.7 Å². The van der Waals surface area contributed by atoms with E-state index >= 15 is 0 Å². The Morgan fingerprint density at radius 2 is 1.90 bits per heavy atom. The normalized spacial score (nSPS) is 32.9. The first-order valence-corrected chi connectivity index (χ1v) is 8.08. The summed E-state index contributed by atoms with van der Waals surface area (Å²) in [7, 11) is 0. The van der Waals surface area contributed by atoms with Crippen LogP contribution >= 0.6 is 0 Å². The van der Waals surface area contributed by atoms with E-state index in [0.29, 0.717) is 12.0 Å². The summed E-state index contributed by atoms with van der Waals surface area (Å²) < 4.78 is 5.51. The van der Waals surface area contributed by atoms with Crippen molar-refractivity contribution in [2.45, 2.75) is 75.5 Å². The minimum Gasteiger partial charge on any atom is -0.392 e. The number of nitrogens with zero attached hydrogens (tertiary/aromatic N) is 3. The summed E-state index contributed by atoms with van der Waals surface area (Å²) in [6.07, 6.45) is 9.32. The molecular weight excluding hydrogens is 254 g/mol. The fourth-order valence-electron chi connectivity index (χ4n) is 3.79. The minimum atomic E-state index is -0.252. The predicted octanol–water partition coefficient (Wildman–Crippen LogP) is 2.39. The van der Waals surface area contributed by atoms with Crippen LogP contribution in [0.15, 0.2) is 4.52 Å². The molecule has 5 heteroatoms. The molecule has 0 bridgehead atoms. The van der Waals surface area contributed by atoms with Crippen LogP contribution in [0.5, 0.6) is 0 Å². The van der Waals surface area contributed by atoms with Crippen LogP contribution in [0.4, 0.5) is 0 Å². The van der Waals surface area contributed by atoms with Crippen LogP contribution in [0.2, 0.25) is 0 Å². The molecule has 3 fully saturated rings. The van der Waals surface area contributed by atoms with Gasteiger partial charge in [-0.2, -0.15) is 4.98 Å². The summed E-state index contributed by atoms with van der Waals surface area (Å²) in [6, 6.07) is 0.718. The quantitative estimate of drug-likeness (QED) is 0.919. The van der Waals surface area contributed by atoms with Crippen LogP contribution in [0.1, 0.15) is 75.0 Å². The third-order valence-electron chi connectivity index (χ3n) is 5.05. The lowest BCUT2D eigenvalue weighted by Gasteiger charge is -2.33. The molecule has 5 nitrogen and oxygen atoms in total. The number of aliphatic hydroxyl groups excluding tert-OH is 1. The standard InChI is InChI=1S/C15H23N3O2/c19-12-8-13(15-16-14(17-20-15)10-6-7-10)18(9-12)11-4-2-1-3-5-11/h10-13,19H,1-9H2/t12-,13+/m1/s1. The fourth-order valence-corrected chi connectivity index (χ4v) is 3.79. The maximum Gasteiger partial charge on any atom is 0.244 e. The Morgan fingerprint density at radius 3 is 2.65 bits per heavy atom. The zero-order valence-electron chi connectivity index (χ0n) is 11.9. The molecule has 2 heterocycles. The Morgan fingerprint density at radius 1 is 1.10 bits per heavy atom. The van der Waals surface area contributed by atoms with Gasteiger partial charge in [0.2, 0.25) is 5.89 Å². The SMILES string of the molecule is O[C@@H]1C[C@@H](c2nc(C3CC3)no2)N(C2CCCCC2)C1. The topological polar surface area (TPSA) is 62.4 Å². The largest absolute Gasteiger partial charge is 0.392 e. The van der Waals surface area contributed by atoms with Crippen LogP contribution in [0.3, 0.4) is 0 Å². The van der Waals surface area contributed by atoms with Gasteiger partial charge in [-0.3, -0.25) is 4.90 Å². The highest BCUT2D eigenvalue weighted by Gasteiger charge is 2.40. The van der Waals surface area contributed by atoms with Crippen molar-refractivity contribution in [2.24, 2.45) is 0 Å². The minimum absolute atomic E-state index is 0.132. The molecule has 1 aromatic heterocycles. The van der Waals surface area contributed by atoms with Crippen LogP contribution in [0, 0.1) is 0 Å². The number of β-amino-alcohol motifs (C(OH)–C–C–N with tert-alkyl or cyclic N) is 1. The molecule has 0 aromatic carbocycles. The zero-order valence-corrected chi connectivity index (χ0v) is 11.9. The second kappa shape index (κ2) is 5.11. The Hall–Kier alpha value is -0.940. The lowest BCUT2D eigenvalue weighted by Crippen LogP contribution is -2.37. The summed E-state index contributed by atoms with van der Waals surface area (Å²) in [5.74, 6) is 2.14. The molecule has 1 aromatic rings. The van der Waals surface area contributed by atoms with E-state index in [1.54, 1.807) is 0 Å². The summed E-state index contributed by atoms with van der Waals surface area (Å²) in [5.41, 5.74) is 0. The van der Waals surface area contributed by atoms with Gasteiger partial charge in [0.25, 0.3) is 0 Å². The highest BCUT2D eigenvalue weighted by atomic mass is 16.5. The van der Waals surface area contributed by atoms with Gasteiger partial charge in [-0.15, -0.1) is 0 Å². The van der Waals surface area contributed by atoms with Gasteiger partial charge in [0, 0.05) is 18.5 Å². The highest BCUT2D eigenvalue weighted by Crippen LogP contribution is 2.41. The monoisotopic (exact) mass is 277 g/mol. The van der Waals surface area contributed by atoms with Gasteiger partial charge >= 0.3 is 0 Å². The second-order valence-corrected chi connectivity index (χ2v) is 6.66. The summed E-state index contributed by atoms with van der Waals surface area (Å²) in [5, 5.41) is 14.2. The maximum atomic E-state index is 10.1. The molecule has 4 rings (SSSR count). The van der Waals surface area contributed by atoms with Crippen molar-refractivity contribution in [3.8, 4) is 0 Å². The number of aromatic nitrogens is 2. The lowest BCUT2D eigenvalue weighted by molar-refractivity contribution is 0.110. The molecule has 1 N–H and O–H groups in total. The van der Waals surface area contributed by atoms with Gasteiger partial charge in [-0.05, 0) is 32.1 Å². The summed E-state index contributed by atoms with van der Waals surface area (Å²) >= 11 is 0. The number of hydrogen-bond donors (Lipinski definition) is 1. The van der Waals surface area contributed by atoms with Gasteiger partial charge < -0.3 is 9.63 Å². The van der Waals surface area contributed by atoms with Crippen molar-refractivity contribution in [2.75, 3.05) is 6.54 Å². The first-order valence-electron chi connectivity index (χ1n) is 8.08. The number of rotatable bonds is 3. The molecule has 2 saturated carbocycles. The molecule has 1 saturated heterocycles. The Kier molecular flexibility index (Phi) is 3.27. The van der Waals surface area contributed by atoms with Crippen molar-refractivity contribution < 1.29 is 9.63 Å². The molecule has 110 valence electrons. The van der Waals surface area contributed by atoms with Crippen LogP contribution < -0.4 is 0 Å². The molecule has 0 spiro atoms. The molecule has 2 atom stereocenters. The third kappa shape index (κ3) is 2.37. The Bertz CT molecular complexity index is 465. The average molecular weight is 277 g/mol. The molecule has 1 aliphatic heterocycles. The first-order chi connectivity index (χ1) is 9.81. The molecule has 0 radical (unpaired) electrons. The average Bonchev–Trinajstić information content (AvgIpc) is 3.08. The van der Waals surface area contributed by atoms with E-state index in [4.69, 9.17) is 4.52 Å². The molecule has 0 amide bonds. The number of aliphatic hydroxyl groups is 1. The van der Waals surface area contributed by atoms with Crippen molar-refractivity contribution in [1.29, 1.82) is 0 Å². The zero-order chi connectivity index (χ0) is 13.5. The van der Waals surface area contributed by atoms with Crippen molar-refractivity contribution >= 4 is 0 Å². The van der Waals surface area contributed by atoms with E-state index in [2.05, 4.69) is 15.0 Å². The van der Waals surface area contributed by atoms with Crippen LogP contribution in [-0.4, -0.2) is 38.8 Å². The molecular formula is C15H23N3O2. The molecule has 0 unspecified atom stereocenters. The van der Waals surface area contributed by atoms with Gasteiger partial charge in [-0.1, -0.05) is 24.4 Å². The highest BCUT2D eigenvalue weighted by molar-refractivity contribution is 5.07. The maximum absolute atomic E-state index is 10.1. The number of likely N-dealkylation sites (tertiary alicyclic amines) is 1. The fraction of sp³-hybridized carbons (Fsp3) is 0.867. The van der Waals surface area contributed by atoms with Crippen LogP contribution in [0.25, 0.3) is 0 Å². The van der Waals surface area contributed by atoms with E-state index < -0.39 is 0 Å². The van der Waals surface area contributed by atoms with E-state index in [0.717, 1.165) is 24.7 Å². The molecule has 20 heavy (non-hydrogen) atoms. The molecule has 2 aliphatic carbocycles. The summed E-state index contributed by atoms with van der Waals surface area (Å²) in [4.78, 5) is 7.03. The predicted molar refractivity (Wildman–Crippen MR) is 73.2 cm³/mol. The third-order valence-corrected chi connectivity index (χ3v) is 5.05. The lowest BCUT2D eigenvalue weighted by atomic mass is 9.94. The van der Waals surface area contributed by atoms with Gasteiger partial charge in [0.15, 0.2) is 5.82 Å². The summed E-state index contributed by atoms with van der Waals surface area (Å²) in [6.45, 7) is 0.760. The van der Waals surface area contributed by atoms with Crippen molar-refractivity contribution in [1.82, 2.24) is 15.0 Å². The van der Waals surface area contributed by atoms with E-state index in [9.17, 15) is 5.11 Å². The second-order valence-electron chi connectivity index (χ2n) is 6.66. The van der Waals surface area contributed by atoms with E-state index in [1.165, 1.54) is 44.9 Å². The Balaban J connectivity index is 1.53.